The average Bonchev–Trinajstić information content (AvgIpc) is 3.26. The molecule has 0 aliphatic heterocycles. The minimum Gasteiger partial charge on any atom is -0.462 e. The molecular formula is C55H98O6. The van der Waals surface area contributed by atoms with Gasteiger partial charge in [-0.05, 0) is 57.8 Å². The van der Waals surface area contributed by atoms with E-state index >= 15 is 0 Å². The number of unbranched alkanes of at least 4 members (excludes halogenated alkanes) is 28. The zero-order valence-electron chi connectivity index (χ0n) is 40.4. The lowest BCUT2D eigenvalue weighted by molar-refractivity contribution is -0.167. The van der Waals surface area contributed by atoms with E-state index in [0.29, 0.717) is 19.3 Å². The lowest BCUT2D eigenvalue weighted by Gasteiger charge is -2.18. The molecule has 0 amide bonds. The summed E-state index contributed by atoms with van der Waals surface area (Å²) in [5.74, 6) is -0.895. The fourth-order valence-electron chi connectivity index (χ4n) is 7.43. The number of esters is 3. The van der Waals surface area contributed by atoms with E-state index in [1.165, 1.54) is 128 Å². The standard InChI is InChI=1S/C55H98O6/c1-4-7-10-13-15-17-19-21-23-25-27-29-31-33-35-37-39-42-45-48-54(57)60-51-52(50-59-53(56)47-44-41-12-9-6-3)61-55(58)49-46-43-40-38-36-34-32-30-28-26-24-22-20-18-16-14-11-8-5-2/h7,10,15,17,21,23,27,29,52H,4-6,8-9,11-14,16,18-20,22,24-26,28,30-51H2,1-3H3/b10-7-,17-15-,23-21-,29-27-. The van der Waals surface area contributed by atoms with E-state index in [1.54, 1.807) is 0 Å². The van der Waals surface area contributed by atoms with E-state index in [0.717, 1.165) is 96.3 Å². The van der Waals surface area contributed by atoms with Crippen LogP contribution in [0, 0.1) is 0 Å². The number of allylic oxidation sites excluding steroid dienone is 8. The van der Waals surface area contributed by atoms with Crippen LogP contribution in [0.15, 0.2) is 48.6 Å². The molecule has 0 rings (SSSR count). The molecule has 0 radical (unpaired) electrons. The Morgan fingerprint density at radius 3 is 1.00 bits per heavy atom. The number of ether oxygens (including phenoxy) is 3. The van der Waals surface area contributed by atoms with Gasteiger partial charge in [-0.2, -0.15) is 0 Å². The first-order chi connectivity index (χ1) is 30.0. The smallest absolute Gasteiger partial charge is 0.306 e. The number of carbonyl (C=O) groups excluding carboxylic acids is 3. The third-order valence-corrected chi connectivity index (χ3v) is 11.3. The predicted octanol–water partition coefficient (Wildman–Crippen LogP) is 17.1. The van der Waals surface area contributed by atoms with E-state index < -0.39 is 6.10 Å². The highest BCUT2D eigenvalue weighted by Crippen LogP contribution is 2.16. The topological polar surface area (TPSA) is 78.9 Å². The Kier molecular flexibility index (Phi) is 47.9. The number of carbonyl (C=O) groups is 3. The van der Waals surface area contributed by atoms with Crippen LogP contribution in [0.3, 0.4) is 0 Å². The van der Waals surface area contributed by atoms with Gasteiger partial charge in [0.2, 0.25) is 0 Å². The van der Waals surface area contributed by atoms with E-state index in [1.807, 2.05) is 0 Å². The van der Waals surface area contributed by atoms with Crippen LogP contribution in [0.25, 0.3) is 0 Å². The Morgan fingerprint density at radius 2 is 0.639 bits per heavy atom. The van der Waals surface area contributed by atoms with E-state index in [-0.39, 0.29) is 31.1 Å². The zero-order chi connectivity index (χ0) is 44.4. The molecule has 0 aliphatic carbocycles. The highest BCUT2D eigenvalue weighted by molar-refractivity contribution is 5.71. The van der Waals surface area contributed by atoms with Crippen LogP contribution >= 0.6 is 0 Å². The second kappa shape index (κ2) is 50.0. The predicted molar refractivity (Wildman–Crippen MR) is 261 cm³/mol. The molecule has 6 heteroatoms. The van der Waals surface area contributed by atoms with Crippen LogP contribution in [-0.4, -0.2) is 37.2 Å². The molecule has 0 N–H and O–H groups in total. The molecule has 0 saturated carbocycles. The first-order valence-corrected chi connectivity index (χ1v) is 26.1. The zero-order valence-corrected chi connectivity index (χ0v) is 40.4. The Bertz CT molecular complexity index is 1070. The quantitative estimate of drug-likeness (QED) is 0.0263. The average molecular weight is 855 g/mol. The fraction of sp³-hybridized carbons (Fsp3) is 0.800. The second-order valence-electron chi connectivity index (χ2n) is 17.4. The molecule has 0 aromatic rings. The number of hydrogen-bond donors (Lipinski definition) is 0. The summed E-state index contributed by atoms with van der Waals surface area (Å²) >= 11 is 0. The van der Waals surface area contributed by atoms with Crippen molar-refractivity contribution in [1.82, 2.24) is 0 Å². The third kappa shape index (κ3) is 48.3. The summed E-state index contributed by atoms with van der Waals surface area (Å²) in [6.07, 6.45) is 59.9. The minimum atomic E-state index is -0.772. The number of rotatable bonds is 47. The molecule has 1 atom stereocenters. The highest BCUT2D eigenvalue weighted by Gasteiger charge is 2.19. The van der Waals surface area contributed by atoms with Crippen LogP contribution in [0.4, 0.5) is 0 Å². The molecule has 61 heavy (non-hydrogen) atoms. The third-order valence-electron chi connectivity index (χ3n) is 11.3. The van der Waals surface area contributed by atoms with Gasteiger partial charge in [0.15, 0.2) is 6.10 Å². The molecule has 0 spiro atoms. The van der Waals surface area contributed by atoms with Crippen LogP contribution in [-0.2, 0) is 28.6 Å². The van der Waals surface area contributed by atoms with Crippen molar-refractivity contribution in [2.45, 2.75) is 271 Å². The van der Waals surface area contributed by atoms with Gasteiger partial charge in [-0.1, -0.05) is 236 Å². The van der Waals surface area contributed by atoms with Gasteiger partial charge in [0.1, 0.15) is 13.2 Å². The van der Waals surface area contributed by atoms with Gasteiger partial charge < -0.3 is 14.2 Å². The van der Waals surface area contributed by atoms with E-state index in [4.69, 9.17) is 14.2 Å². The van der Waals surface area contributed by atoms with Crippen LogP contribution in [0.5, 0.6) is 0 Å². The van der Waals surface area contributed by atoms with Crippen molar-refractivity contribution < 1.29 is 28.6 Å². The summed E-state index contributed by atoms with van der Waals surface area (Å²) in [5, 5.41) is 0. The van der Waals surface area contributed by atoms with Gasteiger partial charge in [-0.3, -0.25) is 14.4 Å². The first-order valence-electron chi connectivity index (χ1n) is 26.1. The maximum absolute atomic E-state index is 12.7. The summed E-state index contributed by atoms with van der Waals surface area (Å²) in [7, 11) is 0. The summed E-state index contributed by atoms with van der Waals surface area (Å²) in [6, 6.07) is 0. The fourth-order valence-corrected chi connectivity index (χ4v) is 7.43. The largest absolute Gasteiger partial charge is 0.462 e. The molecule has 0 aliphatic rings. The Hall–Kier alpha value is -2.63. The van der Waals surface area contributed by atoms with Crippen LogP contribution in [0.2, 0.25) is 0 Å². The molecule has 1 unspecified atom stereocenters. The lowest BCUT2D eigenvalue weighted by atomic mass is 10.0. The molecule has 0 fully saturated rings. The maximum atomic E-state index is 12.7. The van der Waals surface area contributed by atoms with Crippen molar-refractivity contribution in [1.29, 1.82) is 0 Å². The van der Waals surface area contributed by atoms with Crippen LogP contribution in [0.1, 0.15) is 265 Å². The molecule has 0 heterocycles. The van der Waals surface area contributed by atoms with Crippen molar-refractivity contribution >= 4 is 17.9 Å². The summed E-state index contributed by atoms with van der Waals surface area (Å²) in [6.45, 7) is 6.45. The Balaban J connectivity index is 4.15. The molecule has 6 nitrogen and oxygen atoms in total. The van der Waals surface area contributed by atoms with E-state index in [2.05, 4.69) is 69.4 Å². The molecular weight excluding hydrogens is 757 g/mol. The van der Waals surface area contributed by atoms with Crippen molar-refractivity contribution in [2.24, 2.45) is 0 Å². The first kappa shape index (κ1) is 58.4. The lowest BCUT2D eigenvalue weighted by Crippen LogP contribution is -2.30. The highest BCUT2D eigenvalue weighted by atomic mass is 16.6. The molecule has 0 bridgehead atoms. The Labute approximate surface area is 378 Å². The normalized spacial score (nSPS) is 12.4. The van der Waals surface area contributed by atoms with Crippen LogP contribution < -0.4 is 0 Å². The SMILES string of the molecule is CC/C=C\C/C=C\C/C=C\C/C=C\CCCCCCCCC(=O)OCC(COC(=O)CCCCCCC)OC(=O)CCCCCCCCCCCCCCCCCCCCC. The molecule has 0 aromatic carbocycles. The second-order valence-corrected chi connectivity index (χ2v) is 17.4. The van der Waals surface area contributed by atoms with Gasteiger partial charge in [0.05, 0.1) is 0 Å². The van der Waals surface area contributed by atoms with Gasteiger partial charge in [0, 0.05) is 19.3 Å². The number of hydrogen-bond acceptors (Lipinski definition) is 6. The summed E-state index contributed by atoms with van der Waals surface area (Å²) in [5.41, 5.74) is 0. The van der Waals surface area contributed by atoms with Crippen molar-refractivity contribution in [3.05, 3.63) is 48.6 Å². The van der Waals surface area contributed by atoms with Gasteiger partial charge in [0.25, 0.3) is 0 Å². The van der Waals surface area contributed by atoms with Gasteiger partial charge in [-0.25, -0.2) is 0 Å². The molecule has 0 saturated heterocycles. The monoisotopic (exact) mass is 855 g/mol. The van der Waals surface area contributed by atoms with Gasteiger partial charge >= 0.3 is 17.9 Å². The van der Waals surface area contributed by atoms with Crippen molar-refractivity contribution in [2.75, 3.05) is 13.2 Å². The van der Waals surface area contributed by atoms with Crippen molar-refractivity contribution in [3.63, 3.8) is 0 Å². The Morgan fingerprint density at radius 1 is 0.344 bits per heavy atom. The maximum Gasteiger partial charge on any atom is 0.306 e. The van der Waals surface area contributed by atoms with Crippen molar-refractivity contribution in [3.8, 4) is 0 Å². The van der Waals surface area contributed by atoms with Gasteiger partial charge in [-0.15, -0.1) is 0 Å². The summed E-state index contributed by atoms with van der Waals surface area (Å²) < 4.78 is 16.7. The van der Waals surface area contributed by atoms with E-state index in [9.17, 15) is 14.4 Å². The molecule has 0 aromatic heterocycles. The molecule has 354 valence electrons. The summed E-state index contributed by atoms with van der Waals surface area (Å²) in [4.78, 5) is 37.7. The minimum absolute atomic E-state index is 0.0765.